The summed E-state index contributed by atoms with van der Waals surface area (Å²) in [4.78, 5) is 9.97. The molecule has 4 nitrogen and oxygen atoms in total. The number of hydrogen-bond acceptors (Lipinski definition) is 5. The van der Waals surface area contributed by atoms with Gasteiger partial charge in [-0.05, 0) is 29.5 Å². The first kappa shape index (κ1) is 13.8. The van der Waals surface area contributed by atoms with E-state index in [1.807, 2.05) is 24.3 Å². The lowest BCUT2D eigenvalue weighted by Gasteiger charge is -2.22. The number of anilines is 2. The second-order valence-electron chi connectivity index (χ2n) is 5.33. The molecule has 0 radical (unpaired) electrons. The molecule has 0 bridgehead atoms. The van der Waals surface area contributed by atoms with E-state index in [9.17, 15) is 0 Å². The molecular weight excluding hydrogens is 280 g/mol. The monoisotopic (exact) mass is 298 g/mol. The zero-order chi connectivity index (χ0) is 14.8. The number of nitrogens with two attached hydrogens (primary N) is 1. The van der Waals surface area contributed by atoms with Crippen molar-refractivity contribution in [3.8, 4) is 0 Å². The molecule has 0 aliphatic rings. The minimum absolute atomic E-state index is 0.211. The molecule has 0 fully saturated rings. The number of rotatable bonds is 4. The lowest BCUT2D eigenvalue weighted by molar-refractivity contribution is 0.552. The smallest absolute Gasteiger partial charge is 0.222 e. The van der Waals surface area contributed by atoms with Crippen molar-refractivity contribution in [1.29, 1.82) is 0 Å². The fraction of sp³-hybridized carbons (Fsp3) is 0.250. The number of thiophene rings is 1. The molecule has 0 spiro atoms. The van der Waals surface area contributed by atoms with Gasteiger partial charge in [-0.1, -0.05) is 32.0 Å². The minimum Gasteiger partial charge on any atom is -0.368 e. The van der Waals surface area contributed by atoms with Crippen LogP contribution in [-0.2, 0) is 0 Å². The maximum atomic E-state index is 5.84. The van der Waals surface area contributed by atoms with Crippen LogP contribution in [0, 0.1) is 5.92 Å². The molecule has 1 unspecified atom stereocenters. The summed E-state index contributed by atoms with van der Waals surface area (Å²) in [5.74, 6) is 1.54. The number of benzene rings is 1. The predicted octanol–water partition coefficient (Wildman–Crippen LogP) is 4.08. The highest BCUT2D eigenvalue weighted by molar-refractivity contribution is 7.10. The molecule has 0 amide bonds. The molecule has 3 N–H and O–H groups in total. The van der Waals surface area contributed by atoms with E-state index < -0.39 is 0 Å². The molecule has 0 saturated heterocycles. The van der Waals surface area contributed by atoms with Gasteiger partial charge in [0.25, 0.3) is 0 Å². The van der Waals surface area contributed by atoms with Gasteiger partial charge in [-0.2, -0.15) is 4.98 Å². The number of fused-ring (bicyclic) bond motifs is 1. The van der Waals surface area contributed by atoms with E-state index >= 15 is 0 Å². The average Bonchev–Trinajstić information content (AvgIpc) is 2.97. The average molecular weight is 298 g/mol. The Morgan fingerprint density at radius 3 is 2.62 bits per heavy atom. The summed E-state index contributed by atoms with van der Waals surface area (Å²) in [6.45, 7) is 4.40. The molecule has 1 aromatic carbocycles. The van der Waals surface area contributed by atoms with Gasteiger partial charge in [0.1, 0.15) is 5.82 Å². The van der Waals surface area contributed by atoms with Crippen LogP contribution in [0.15, 0.2) is 41.8 Å². The minimum atomic E-state index is 0.211. The van der Waals surface area contributed by atoms with E-state index in [1.165, 1.54) is 4.88 Å². The molecule has 108 valence electrons. The highest BCUT2D eigenvalue weighted by atomic mass is 32.1. The van der Waals surface area contributed by atoms with Crippen LogP contribution in [0.3, 0.4) is 0 Å². The molecule has 3 aromatic rings. The van der Waals surface area contributed by atoms with E-state index in [-0.39, 0.29) is 6.04 Å². The second-order valence-corrected chi connectivity index (χ2v) is 6.31. The molecular formula is C16H18N4S. The van der Waals surface area contributed by atoms with Gasteiger partial charge in [-0.25, -0.2) is 4.98 Å². The fourth-order valence-electron chi connectivity index (χ4n) is 2.39. The van der Waals surface area contributed by atoms with E-state index in [1.54, 1.807) is 11.3 Å². The van der Waals surface area contributed by atoms with Gasteiger partial charge in [0.05, 0.1) is 11.6 Å². The maximum absolute atomic E-state index is 5.84. The number of aromatic nitrogens is 2. The van der Waals surface area contributed by atoms with Gasteiger partial charge in [-0.15, -0.1) is 11.3 Å². The van der Waals surface area contributed by atoms with E-state index in [4.69, 9.17) is 5.73 Å². The Balaban J connectivity index is 2.04. The lowest BCUT2D eigenvalue weighted by atomic mass is 10.0. The Bertz CT molecular complexity index is 737. The van der Waals surface area contributed by atoms with Crippen molar-refractivity contribution in [3.63, 3.8) is 0 Å². The van der Waals surface area contributed by atoms with Crippen LogP contribution in [0.2, 0.25) is 0 Å². The van der Waals surface area contributed by atoms with Crippen LogP contribution in [0.1, 0.15) is 24.8 Å². The maximum Gasteiger partial charge on any atom is 0.222 e. The number of nitrogen functional groups attached to an aromatic ring is 1. The summed E-state index contributed by atoms with van der Waals surface area (Å²) in [5, 5.41) is 6.63. The first-order valence-corrected chi connectivity index (χ1v) is 7.85. The molecule has 5 heteroatoms. The molecule has 1 atom stereocenters. The Labute approximate surface area is 128 Å². The number of nitrogens with zero attached hydrogens (tertiary/aromatic N) is 2. The second kappa shape index (κ2) is 5.69. The van der Waals surface area contributed by atoms with Crippen LogP contribution in [0.25, 0.3) is 10.9 Å². The first-order valence-electron chi connectivity index (χ1n) is 6.97. The summed E-state index contributed by atoms with van der Waals surface area (Å²) < 4.78 is 0. The topological polar surface area (TPSA) is 63.8 Å². The molecule has 21 heavy (non-hydrogen) atoms. The molecule has 0 saturated carbocycles. The Kier molecular flexibility index (Phi) is 3.75. The summed E-state index contributed by atoms with van der Waals surface area (Å²) in [6, 6.07) is 12.3. The summed E-state index contributed by atoms with van der Waals surface area (Å²) in [6.07, 6.45) is 0. The molecule has 0 aliphatic heterocycles. The number of para-hydroxylation sites is 1. The fourth-order valence-corrected chi connectivity index (χ4v) is 3.34. The predicted molar refractivity (Wildman–Crippen MR) is 89.5 cm³/mol. The van der Waals surface area contributed by atoms with Crippen molar-refractivity contribution in [1.82, 2.24) is 9.97 Å². The van der Waals surface area contributed by atoms with Gasteiger partial charge >= 0.3 is 0 Å². The highest BCUT2D eigenvalue weighted by Gasteiger charge is 2.18. The number of nitrogens with one attached hydrogen (secondary N) is 1. The third-order valence-corrected chi connectivity index (χ3v) is 4.38. The van der Waals surface area contributed by atoms with E-state index in [2.05, 4.69) is 46.6 Å². The Morgan fingerprint density at radius 2 is 1.90 bits per heavy atom. The van der Waals surface area contributed by atoms with Crippen LogP contribution in [0.4, 0.5) is 11.8 Å². The summed E-state index contributed by atoms with van der Waals surface area (Å²) >= 11 is 1.75. The lowest BCUT2D eigenvalue weighted by Crippen LogP contribution is -2.17. The Hall–Kier alpha value is -2.14. The normalized spacial score (nSPS) is 12.7. The van der Waals surface area contributed by atoms with Gasteiger partial charge in [-0.3, -0.25) is 0 Å². The first-order chi connectivity index (χ1) is 10.1. The third-order valence-electron chi connectivity index (χ3n) is 3.43. The Morgan fingerprint density at radius 1 is 1.10 bits per heavy atom. The largest absolute Gasteiger partial charge is 0.368 e. The van der Waals surface area contributed by atoms with Crippen molar-refractivity contribution in [2.45, 2.75) is 19.9 Å². The van der Waals surface area contributed by atoms with Crippen LogP contribution >= 0.6 is 11.3 Å². The van der Waals surface area contributed by atoms with Crippen molar-refractivity contribution in [2.75, 3.05) is 11.1 Å². The zero-order valence-corrected chi connectivity index (χ0v) is 12.9. The van der Waals surface area contributed by atoms with Crippen LogP contribution in [0.5, 0.6) is 0 Å². The van der Waals surface area contributed by atoms with Crippen molar-refractivity contribution < 1.29 is 0 Å². The SMILES string of the molecule is CC(C)C(Nc1nc(N)nc2ccccc12)c1cccs1. The van der Waals surface area contributed by atoms with Gasteiger partial charge in [0, 0.05) is 10.3 Å². The van der Waals surface area contributed by atoms with E-state index in [0.29, 0.717) is 11.9 Å². The highest BCUT2D eigenvalue weighted by Crippen LogP contribution is 2.31. The van der Waals surface area contributed by atoms with Crippen LogP contribution in [-0.4, -0.2) is 9.97 Å². The summed E-state index contributed by atoms with van der Waals surface area (Å²) in [5.41, 5.74) is 6.70. The molecule has 0 aliphatic carbocycles. The standard InChI is InChI=1S/C16H18N4S/c1-10(2)14(13-8-5-9-21-13)19-15-11-6-3-4-7-12(11)18-16(17)20-15/h3-10,14H,1-2H3,(H3,17,18,19,20). The number of hydrogen-bond donors (Lipinski definition) is 2. The van der Waals surface area contributed by atoms with Crippen molar-refractivity contribution >= 4 is 34.0 Å². The van der Waals surface area contributed by atoms with E-state index in [0.717, 1.165) is 16.7 Å². The third kappa shape index (κ3) is 2.83. The molecule has 2 heterocycles. The molecule has 3 rings (SSSR count). The molecule has 2 aromatic heterocycles. The zero-order valence-electron chi connectivity index (χ0n) is 12.1. The quantitative estimate of drug-likeness (QED) is 0.761. The van der Waals surface area contributed by atoms with Crippen molar-refractivity contribution in [3.05, 3.63) is 46.7 Å². The van der Waals surface area contributed by atoms with Gasteiger partial charge in [0.15, 0.2) is 0 Å². The van der Waals surface area contributed by atoms with Crippen LogP contribution < -0.4 is 11.1 Å². The summed E-state index contributed by atoms with van der Waals surface area (Å²) in [7, 11) is 0. The van der Waals surface area contributed by atoms with Crippen molar-refractivity contribution in [2.24, 2.45) is 5.92 Å². The van der Waals surface area contributed by atoms with Gasteiger partial charge < -0.3 is 11.1 Å². The van der Waals surface area contributed by atoms with Gasteiger partial charge in [0.2, 0.25) is 5.95 Å².